The van der Waals surface area contributed by atoms with Gasteiger partial charge in [0.25, 0.3) is 0 Å². The number of aromatic carboxylic acids is 1. The first-order valence-corrected chi connectivity index (χ1v) is 10.3. The summed E-state index contributed by atoms with van der Waals surface area (Å²) >= 11 is 0. The Bertz CT molecular complexity index is 1300. The standard InChI is InChI=1S/C27H24N2O3/c1-17-12-21(20-8-4-7-19(14-20)16-28)15-22(13-17)32-25-11-5-10-24(29-25)23-9-3-6-18(2)26(23)27(30)31/h3-15H,16,28H2,1-2H3,(H,30,31). The summed E-state index contributed by atoms with van der Waals surface area (Å²) in [6, 6.07) is 24.8. The number of rotatable bonds is 6. The molecule has 0 saturated carbocycles. The lowest BCUT2D eigenvalue weighted by Crippen LogP contribution is -2.03. The second-order valence-corrected chi connectivity index (χ2v) is 7.70. The van der Waals surface area contributed by atoms with Gasteiger partial charge in [0.1, 0.15) is 5.75 Å². The highest BCUT2D eigenvalue weighted by molar-refractivity contribution is 5.97. The van der Waals surface area contributed by atoms with Crippen molar-refractivity contribution in [3.8, 4) is 34.0 Å². The maximum absolute atomic E-state index is 11.8. The van der Waals surface area contributed by atoms with Crippen LogP contribution in [0, 0.1) is 13.8 Å². The highest BCUT2D eigenvalue weighted by Crippen LogP contribution is 2.31. The van der Waals surface area contributed by atoms with Crippen molar-refractivity contribution < 1.29 is 14.6 Å². The van der Waals surface area contributed by atoms with Gasteiger partial charge in [0.2, 0.25) is 5.88 Å². The van der Waals surface area contributed by atoms with Crippen LogP contribution in [0.4, 0.5) is 0 Å². The molecule has 0 aliphatic carbocycles. The molecule has 0 fully saturated rings. The molecule has 3 N–H and O–H groups in total. The van der Waals surface area contributed by atoms with Crippen molar-refractivity contribution in [2.45, 2.75) is 20.4 Å². The Morgan fingerprint density at radius 2 is 1.72 bits per heavy atom. The van der Waals surface area contributed by atoms with E-state index in [1.165, 1.54) is 0 Å². The molecule has 5 nitrogen and oxygen atoms in total. The van der Waals surface area contributed by atoms with Crippen molar-refractivity contribution in [1.29, 1.82) is 0 Å². The predicted octanol–water partition coefficient (Wildman–Crippen LogP) is 5.98. The zero-order chi connectivity index (χ0) is 22.7. The van der Waals surface area contributed by atoms with E-state index in [9.17, 15) is 9.90 Å². The van der Waals surface area contributed by atoms with Gasteiger partial charge in [0, 0.05) is 18.2 Å². The summed E-state index contributed by atoms with van der Waals surface area (Å²) in [5, 5.41) is 9.65. The lowest BCUT2D eigenvalue weighted by molar-refractivity contribution is 0.0697. The molecule has 5 heteroatoms. The van der Waals surface area contributed by atoms with Gasteiger partial charge in [-0.15, -0.1) is 0 Å². The molecule has 0 aliphatic rings. The third kappa shape index (κ3) is 4.53. The Morgan fingerprint density at radius 3 is 2.50 bits per heavy atom. The smallest absolute Gasteiger partial charge is 0.336 e. The van der Waals surface area contributed by atoms with E-state index >= 15 is 0 Å². The van der Waals surface area contributed by atoms with E-state index in [0.717, 1.165) is 22.3 Å². The van der Waals surface area contributed by atoms with Gasteiger partial charge in [-0.2, -0.15) is 0 Å². The van der Waals surface area contributed by atoms with Gasteiger partial charge in [0.05, 0.1) is 11.3 Å². The predicted molar refractivity (Wildman–Crippen MR) is 126 cm³/mol. The molecule has 1 heterocycles. The summed E-state index contributed by atoms with van der Waals surface area (Å²) in [5.74, 6) is 0.0763. The monoisotopic (exact) mass is 424 g/mol. The Hall–Kier alpha value is -3.96. The van der Waals surface area contributed by atoms with Crippen molar-refractivity contribution in [2.24, 2.45) is 5.73 Å². The van der Waals surface area contributed by atoms with Crippen LogP contribution < -0.4 is 10.5 Å². The van der Waals surface area contributed by atoms with Crippen LogP contribution in [-0.4, -0.2) is 16.1 Å². The molecule has 0 bridgehead atoms. The van der Waals surface area contributed by atoms with Crippen LogP contribution in [0.3, 0.4) is 0 Å². The molecule has 0 radical (unpaired) electrons. The fourth-order valence-electron chi connectivity index (χ4n) is 3.76. The Kier molecular flexibility index (Phi) is 6.01. The molecule has 0 saturated heterocycles. The molecule has 32 heavy (non-hydrogen) atoms. The Morgan fingerprint density at radius 1 is 0.938 bits per heavy atom. The van der Waals surface area contributed by atoms with E-state index in [2.05, 4.69) is 17.1 Å². The molecule has 1 aromatic heterocycles. The number of ether oxygens (including phenoxy) is 1. The zero-order valence-electron chi connectivity index (χ0n) is 18.0. The van der Waals surface area contributed by atoms with Gasteiger partial charge in [0.15, 0.2) is 0 Å². The number of nitrogens with two attached hydrogens (primary N) is 1. The number of carboxylic acids is 1. The summed E-state index contributed by atoms with van der Waals surface area (Å²) < 4.78 is 6.09. The summed E-state index contributed by atoms with van der Waals surface area (Å²) in [4.78, 5) is 16.4. The average molecular weight is 425 g/mol. The number of carboxylic acid groups (broad SMARTS) is 1. The topological polar surface area (TPSA) is 85.4 Å². The van der Waals surface area contributed by atoms with Crippen LogP contribution in [0.25, 0.3) is 22.4 Å². The molecule has 160 valence electrons. The van der Waals surface area contributed by atoms with Crippen LogP contribution in [0.2, 0.25) is 0 Å². The molecular weight excluding hydrogens is 400 g/mol. The van der Waals surface area contributed by atoms with Crippen LogP contribution in [0.1, 0.15) is 27.0 Å². The average Bonchev–Trinajstić information content (AvgIpc) is 2.78. The largest absolute Gasteiger partial charge is 0.478 e. The quantitative estimate of drug-likeness (QED) is 0.398. The van der Waals surface area contributed by atoms with Gasteiger partial charge in [-0.05, 0) is 65.9 Å². The maximum Gasteiger partial charge on any atom is 0.336 e. The number of benzene rings is 3. The fraction of sp³-hybridized carbons (Fsp3) is 0.111. The van der Waals surface area contributed by atoms with Gasteiger partial charge >= 0.3 is 5.97 Å². The lowest BCUT2D eigenvalue weighted by Gasteiger charge is -2.12. The number of hydrogen-bond donors (Lipinski definition) is 2. The number of nitrogens with zero attached hydrogens (tertiary/aromatic N) is 1. The van der Waals surface area contributed by atoms with Crippen molar-refractivity contribution in [1.82, 2.24) is 4.98 Å². The lowest BCUT2D eigenvalue weighted by atomic mass is 9.99. The van der Waals surface area contributed by atoms with E-state index in [1.807, 2.05) is 49.4 Å². The maximum atomic E-state index is 11.8. The molecule has 4 aromatic rings. The van der Waals surface area contributed by atoms with E-state index < -0.39 is 5.97 Å². The minimum absolute atomic E-state index is 0.245. The highest BCUT2D eigenvalue weighted by atomic mass is 16.5. The highest BCUT2D eigenvalue weighted by Gasteiger charge is 2.16. The molecule has 0 amide bonds. The van der Waals surface area contributed by atoms with Crippen molar-refractivity contribution in [2.75, 3.05) is 0 Å². The van der Waals surface area contributed by atoms with Crippen molar-refractivity contribution >= 4 is 5.97 Å². The first-order chi connectivity index (χ1) is 15.4. The molecular formula is C27H24N2O3. The Balaban J connectivity index is 1.69. The summed E-state index contributed by atoms with van der Waals surface area (Å²) in [5.41, 5.74) is 12.0. The van der Waals surface area contributed by atoms with E-state index in [1.54, 1.807) is 31.2 Å². The second-order valence-electron chi connectivity index (χ2n) is 7.70. The van der Waals surface area contributed by atoms with E-state index in [4.69, 9.17) is 10.5 Å². The van der Waals surface area contributed by atoms with Gasteiger partial charge in [-0.1, -0.05) is 48.5 Å². The normalized spacial score (nSPS) is 10.7. The third-order valence-electron chi connectivity index (χ3n) is 5.26. The number of aromatic nitrogens is 1. The van der Waals surface area contributed by atoms with Gasteiger partial charge < -0.3 is 15.6 Å². The number of carbonyl (C=O) groups is 1. The second kappa shape index (κ2) is 9.04. The summed E-state index contributed by atoms with van der Waals surface area (Å²) in [6.45, 7) is 4.27. The zero-order valence-corrected chi connectivity index (χ0v) is 18.0. The minimum atomic E-state index is -0.978. The van der Waals surface area contributed by atoms with Crippen LogP contribution >= 0.6 is 0 Å². The molecule has 0 atom stereocenters. The SMILES string of the molecule is Cc1cc(Oc2cccc(-c3cccc(C)c3C(=O)O)n2)cc(-c2cccc(CN)c2)c1. The van der Waals surface area contributed by atoms with Crippen molar-refractivity contribution in [3.63, 3.8) is 0 Å². The third-order valence-corrected chi connectivity index (χ3v) is 5.26. The summed E-state index contributed by atoms with van der Waals surface area (Å²) in [6.07, 6.45) is 0. The van der Waals surface area contributed by atoms with Crippen LogP contribution in [0.15, 0.2) is 78.9 Å². The minimum Gasteiger partial charge on any atom is -0.478 e. The van der Waals surface area contributed by atoms with Gasteiger partial charge in [-0.25, -0.2) is 9.78 Å². The van der Waals surface area contributed by atoms with E-state index in [0.29, 0.717) is 35.0 Å². The van der Waals surface area contributed by atoms with Gasteiger partial charge in [-0.3, -0.25) is 0 Å². The molecule has 4 rings (SSSR count). The fourth-order valence-corrected chi connectivity index (χ4v) is 3.76. The molecule has 0 spiro atoms. The molecule has 0 unspecified atom stereocenters. The molecule has 0 aliphatic heterocycles. The van der Waals surface area contributed by atoms with Crippen LogP contribution in [0.5, 0.6) is 11.6 Å². The number of aryl methyl sites for hydroxylation is 2. The Labute approximate surface area is 187 Å². The van der Waals surface area contributed by atoms with Crippen molar-refractivity contribution in [3.05, 3.63) is 101 Å². The van der Waals surface area contributed by atoms with E-state index in [-0.39, 0.29) is 5.56 Å². The first-order valence-electron chi connectivity index (χ1n) is 10.3. The number of hydrogen-bond acceptors (Lipinski definition) is 4. The molecule has 3 aromatic carbocycles. The van der Waals surface area contributed by atoms with Crippen LogP contribution in [-0.2, 0) is 6.54 Å². The first kappa shape index (κ1) is 21.3. The summed E-state index contributed by atoms with van der Waals surface area (Å²) in [7, 11) is 0. The number of pyridine rings is 1.